The zero-order valence-corrected chi connectivity index (χ0v) is 15.6. The van der Waals surface area contributed by atoms with E-state index in [-0.39, 0.29) is 22.5 Å². The minimum absolute atomic E-state index is 0.0551. The lowest BCUT2D eigenvalue weighted by Crippen LogP contribution is -2.21. The second-order valence-electron chi connectivity index (χ2n) is 4.53. The summed E-state index contributed by atoms with van der Waals surface area (Å²) in [5.74, 6) is -1.11. The molecule has 0 aliphatic rings. The smallest absolute Gasteiger partial charge is 0.143 e. The molecule has 6 heteroatoms. The van der Waals surface area contributed by atoms with E-state index < -0.39 is 11.6 Å². The number of hydrogen-bond donors (Lipinski definition) is 1. The summed E-state index contributed by atoms with van der Waals surface area (Å²) in [4.78, 5) is 0. The molecule has 1 nitrogen and oxygen atoms in total. The number of rotatable bonds is 4. The Bertz CT molecular complexity index is 666. The van der Waals surface area contributed by atoms with Crippen molar-refractivity contribution in [2.75, 3.05) is 7.05 Å². The van der Waals surface area contributed by atoms with Crippen LogP contribution >= 0.6 is 50.1 Å². The largest absolute Gasteiger partial charge is 0.313 e. The lowest BCUT2D eigenvalue weighted by Gasteiger charge is -2.19. The fraction of sp³-hybridized carbons (Fsp3) is 0.200. The highest BCUT2D eigenvalue weighted by Crippen LogP contribution is 2.29. The van der Waals surface area contributed by atoms with E-state index in [2.05, 4.69) is 43.8 Å². The summed E-state index contributed by atoms with van der Waals surface area (Å²) >= 11 is 11.3. The van der Waals surface area contributed by atoms with E-state index in [0.29, 0.717) is 5.02 Å². The van der Waals surface area contributed by atoms with Crippen molar-refractivity contribution in [3.63, 3.8) is 0 Å². The molecule has 0 saturated heterocycles. The van der Waals surface area contributed by atoms with Crippen molar-refractivity contribution < 1.29 is 8.78 Å². The van der Waals surface area contributed by atoms with Crippen LogP contribution in [0.1, 0.15) is 17.2 Å². The van der Waals surface area contributed by atoms with E-state index in [0.717, 1.165) is 9.13 Å². The Kier molecular flexibility index (Phi) is 5.99. The molecule has 2 aromatic rings. The summed E-state index contributed by atoms with van der Waals surface area (Å²) in [6, 6.07) is 7.90. The fourth-order valence-corrected chi connectivity index (χ4v) is 3.37. The summed E-state index contributed by atoms with van der Waals surface area (Å²) in [6.07, 6.45) is 0.198. The zero-order valence-electron chi connectivity index (χ0n) is 11.1. The van der Waals surface area contributed by atoms with Crippen LogP contribution in [0.2, 0.25) is 5.02 Å². The van der Waals surface area contributed by atoms with Crippen molar-refractivity contribution in [2.24, 2.45) is 0 Å². The van der Waals surface area contributed by atoms with Crippen LogP contribution in [0.4, 0.5) is 8.78 Å². The quantitative estimate of drug-likeness (QED) is 0.445. The summed E-state index contributed by atoms with van der Waals surface area (Å²) in [5, 5.41) is 3.69. The number of halogens is 5. The second-order valence-corrected chi connectivity index (χ2v) is 6.99. The standard InChI is InChI=1S/C15H12BrClF2IN/c1-21-14(10-6-8(17)2-5-13(10)20)7-9-12(18)4-3-11(16)15(9)19/h2-6,14,21H,7H2,1H3. The van der Waals surface area contributed by atoms with Gasteiger partial charge in [0.15, 0.2) is 0 Å². The minimum atomic E-state index is -0.563. The maximum atomic E-state index is 14.1. The van der Waals surface area contributed by atoms with Crippen LogP contribution in [0, 0.1) is 15.2 Å². The molecule has 0 aliphatic heterocycles. The van der Waals surface area contributed by atoms with Gasteiger partial charge in [0, 0.05) is 20.2 Å². The Labute approximate surface area is 149 Å². The lowest BCUT2D eigenvalue weighted by molar-refractivity contribution is 0.512. The molecule has 0 aliphatic carbocycles. The third-order valence-corrected chi connectivity index (χ3v) is 5.06. The average molecular weight is 487 g/mol. The second kappa shape index (κ2) is 7.35. The van der Waals surface area contributed by atoms with E-state index in [1.54, 1.807) is 13.1 Å². The first-order valence-electron chi connectivity index (χ1n) is 6.18. The first-order valence-corrected chi connectivity index (χ1v) is 8.43. The van der Waals surface area contributed by atoms with Crippen LogP contribution in [-0.2, 0) is 6.42 Å². The van der Waals surface area contributed by atoms with Crippen molar-refractivity contribution in [1.29, 1.82) is 0 Å². The Hall–Kier alpha value is -0.240. The Morgan fingerprint density at radius 3 is 2.67 bits per heavy atom. The molecule has 112 valence electrons. The van der Waals surface area contributed by atoms with Crippen LogP contribution in [0.15, 0.2) is 34.8 Å². The van der Waals surface area contributed by atoms with Gasteiger partial charge in [-0.2, -0.15) is 0 Å². The van der Waals surface area contributed by atoms with Crippen LogP contribution < -0.4 is 5.32 Å². The Morgan fingerprint density at radius 2 is 2.00 bits per heavy atom. The van der Waals surface area contributed by atoms with Gasteiger partial charge in [-0.25, -0.2) is 8.78 Å². The van der Waals surface area contributed by atoms with Gasteiger partial charge in [0.05, 0.1) is 4.47 Å². The average Bonchev–Trinajstić information content (AvgIpc) is 2.46. The zero-order chi connectivity index (χ0) is 15.6. The van der Waals surface area contributed by atoms with E-state index in [1.165, 1.54) is 12.1 Å². The van der Waals surface area contributed by atoms with Gasteiger partial charge in [-0.3, -0.25) is 0 Å². The van der Waals surface area contributed by atoms with E-state index in [9.17, 15) is 8.78 Å². The lowest BCUT2D eigenvalue weighted by atomic mass is 9.98. The number of nitrogens with one attached hydrogen (secondary N) is 1. The molecule has 1 N–H and O–H groups in total. The number of likely N-dealkylation sites (N-methyl/N-ethyl adjacent to an activating group) is 1. The van der Waals surface area contributed by atoms with Crippen molar-refractivity contribution in [3.8, 4) is 0 Å². The number of benzene rings is 2. The van der Waals surface area contributed by atoms with Gasteiger partial charge >= 0.3 is 0 Å². The van der Waals surface area contributed by atoms with Crippen molar-refractivity contribution in [1.82, 2.24) is 5.32 Å². The van der Waals surface area contributed by atoms with Gasteiger partial charge in [-0.1, -0.05) is 11.6 Å². The van der Waals surface area contributed by atoms with Gasteiger partial charge in [-0.15, -0.1) is 0 Å². The van der Waals surface area contributed by atoms with Gasteiger partial charge < -0.3 is 5.32 Å². The van der Waals surface area contributed by atoms with Crippen molar-refractivity contribution >= 4 is 50.1 Å². The Morgan fingerprint density at radius 1 is 1.29 bits per heavy atom. The van der Waals surface area contributed by atoms with Crippen LogP contribution in [0.3, 0.4) is 0 Å². The Balaban J connectivity index is 2.40. The summed E-state index contributed by atoms with van der Waals surface area (Å²) in [5.41, 5.74) is 0.976. The molecule has 0 fully saturated rings. The van der Waals surface area contributed by atoms with Gasteiger partial charge in [0.25, 0.3) is 0 Å². The molecule has 2 rings (SSSR count). The SMILES string of the molecule is CNC(Cc1c(F)ccc(Br)c1F)c1cc(Cl)ccc1I. The van der Waals surface area contributed by atoms with Gasteiger partial charge in [0.2, 0.25) is 0 Å². The van der Waals surface area contributed by atoms with E-state index in [4.69, 9.17) is 11.6 Å². The first kappa shape index (κ1) is 17.1. The highest BCUT2D eigenvalue weighted by Gasteiger charge is 2.20. The molecule has 21 heavy (non-hydrogen) atoms. The maximum absolute atomic E-state index is 14.1. The van der Waals surface area contributed by atoms with Gasteiger partial charge in [-0.05, 0) is 87.9 Å². The molecule has 0 spiro atoms. The normalized spacial score (nSPS) is 12.5. The highest BCUT2D eigenvalue weighted by molar-refractivity contribution is 14.1. The molecule has 1 atom stereocenters. The van der Waals surface area contributed by atoms with Crippen LogP contribution in [0.5, 0.6) is 0 Å². The molecule has 0 heterocycles. The monoisotopic (exact) mass is 485 g/mol. The third-order valence-electron chi connectivity index (χ3n) is 3.23. The van der Waals surface area contributed by atoms with Crippen molar-refractivity contribution in [2.45, 2.75) is 12.5 Å². The first-order chi connectivity index (χ1) is 9.93. The summed E-state index contributed by atoms with van der Waals surface area (Å²) < 4.78 is 29.3. The maximum Gasteiger partial charge on any atom is 0.143 e. The molecule has 0 amide bonds. The van der Waals surface area contributed by atoms with E-state index in [1.807, 2.05) is 12.1 Å². The van der Waals surface area contributed by atoms with Gasteiger partial charge in [0.1, 0.15) is 11.6 Å². The third kappa shape index (κ3) is 3.94. The molecule has 2 aromatic carbocycles. The predicted octanol–water partition coefficient (Wildman–Crippen LogP) is 5.49. The van der Waals surface area contributed by atoms with E-state index >= 15 is 0 Å². The summed E-state index contributed by atoms with van der Waals surface area (Å²) in [7, 11) is 1.76. The molecule has 0 radical (unpaired) electrons. The summed E-state index contributed by atoms with van der Waals surface area (Å²) in [6.45, 7) is 0. The fourth-order valence-electron chi connectivity index (χ4n) is 2.11. The molecule has 0 bridgehead atoms. The highest BCUT2D eigenvalue weighted by atomic mass is 127. The molecule has 1 unspecified atom stereocenters. The predicted molar refractivity (Wildman–Crippen MR) is 93.7 cm³/mol. The number of hydrogen-bond acceptors (Lipinski definition) is 1. The molecular weight excluding hydrogens is 474 g/mol. The molecular formula is C15H12BrClF2IN. The molecule has 0 saturated carbocycles. The van der Waals surface area contributed by atoms with Crippen LogP contribution in [-0.4, -0.2) is 7.05 Å². The van der Waals surface area contributed by atoms with Crippen molar-refractivity contribution in [3.05, 3.63) is 66.2 Å². The minimum Gasteiger partial charge on any atom is -0.313 e. The molecule has 0 aromatic heterocycles. The topological polar surface area (TPSA) is 12.0 Å². The van der Waals surface area contributed by atoms with Crippen LogP contribution in [0.25, 0.3) is 0 Å².